The van der Waals surface area contributed by atoms with Crippen LogP contribution in [-0.4, -0.2) is 4.98 Å². The lowest BCUT2D eigenvalue weighted by Crippen LogP contribution is -1.88. The molecular formula is C35H23N. The zero-order valence-corrected chi connectivity index (χ0v) is 19.7. The van der Waals surface area contributed by atoms with E-state index in [-0.39, 0.29) is 0 Å². The molecule has 0 aliphatic carbocycles. The molecule has 9 heterocycles. The Morgan fingerprint density at radius 2 is 0.417 bits per heavy atom. The van der Waals surface area contributed by atoms with Crippen LogP contribution in [0.5, 0.6) is 0 Å². The van der Waals surface area contributed by atoms with Crippen molar-refractivity contribution in [2.24, 2.45) is 0 Å². The number of benzene rings is 5. The van der Waals surface area contributed by atoms with Crippen molar-refractivity contribution >= 4 is 0 Å². The summed E-state index contributed by atoms with van der Waals surface area (Å²) in [7, 11) is 0. The van der Waals surface area contributed by atoms with Gasteiger partial charge in [-0.05, 0) is 56.6 Å². The third-order valence-corrected chi connectivity index (χ3v) is 7.10. The Morgan fingerprint density at radius 3 is 0.639 bits per heavy atom. The molecule has 1 aromatic heterocycles. The summed E-state index contributed by atoms with van der Waals surface area (Å²) < 4.78 is 0. The molecule has 0 unspecified atom stereocenters. The van der Waals surface area contributed by atoms with Crippen LogP contribution < -0.4 is 0 Å². The van der Waals surface area contributed by atoms with Crippen molar-refractivity contribution in [2.45, 2.75) is 0 Å². The number of rotatable bonds is 0. The summed E-state index contributed by atoms with van der Waals surface area (Å²) in [6, 6.07) is 50.1. The minimum atomic E-state index is 0.982. The molecule has 6 aromatic rings. The molecule has 168 valence electrons. The fraction of sp³-hybridized carbons (Fsp3) is 0. The molecule has 8 aliphatic heterocycles. The minimum Gasteiger partial charge on any atom is -0.248 e. The smallest absolute Gasteiger partial charge is 0.0709 e. The first kappa shape index (κ1) is 20.6. The molecule has 36 heavy (non-hydrogen) atoms. The lowest BCUT2D eigenvalue weighted by Gasteiger charge is -2.08. The summed E-state index contributed by atoms with van der Waals surface area (Å²) in [5.74, 6) is 0. The Balaban J connectivity index is 1.38. The quantitative estimate of drug-likeness (QED) is 0.221. The van der Waals surface area contributed by atoms with Gasteiger partial charge in [0.2, 0.25) is 0 Å². The van der Waals surface area contributed by atoms with Crippen molar-refractivity contribution in [3.05, 3.63) is 140 Å². The van der Waals surface area contributed by atoms with Gasteiger partial charge in [0, 0.05) is 11.1 Å². The third kappa shape index (κ3) is 3.72. The van der Waals surface area contributed by atoms with Gasteiger partial charge in [0.25, 0.3) is 0 Å². The Bertz CT molecular complexity index is 1530. The monoisotopic (exact) mass is 457 g/mol. The first-order chi connectivity index (χ1) is 17.8. The third-order valence-electron chi connectivity index (χ3n) is 7.10. The topological polar surface area (TPSA) is 12.9 Å². The second-order valence-electron chi connectivity index (χ2n) is 9.29. The van der Waals surface area contributed by atoms with Crippen LogP contribution in [0.2, 0.25) is 0 Å². The molecule has 0 N–H and O–H groups in total. The highest BCUT2D eigenvalue weighted by Gasteiger charge is 2.08. The highest BCUT2D eigenvalue weighted by atomic mass is 14.7. The molecule has 14 rings (SSSR count). The van der Waals surface area contributed by atoms with E-state index in [1.54, 1.807) is 0 Å². The van der Waals surface area contributed by atoms with E-state index in [9.17, 15) is 0 Å². The van der Waals surface area contributed by atoms with E-state index >= 15 is 0 Å². The number of hydrogen-bond donors (Lipinski definition) is 0. The second kappa shape index (κ2) is 8.48. The maximum atomic E-state index is 4.97. The first-order valence-corrected chi connectivity index (χ1v) is 12.3. The largest absolute Gasteiger partial charge is 0.248 e. The Labute approximate surface area is 211 Å². The van der Waals surface area contributed by atoms with Crippen LogP contribution in [0.4, 0.5) is 0 Å². The second-order valence-corrected chi connectivity index (χ2v) is 9.29. The van der Waals surface area contributed by atoms with Crippen LogP contribution in [0, 0.1) is 0 Å². The van der Waals surface area contributed by atoms with Gasteiger partial charge in [-0.1, -0.05) is 127 Å². The molecule has 0 fully saturated rings. The van der Waals surface area contributed by atoms with Crippen LogP contribution in [-0.2, 0) is 0 Å². The summed E-state index contributed by atoms with van der Waals surface area (Å²) in [4.78, 5) is 4.97. The highest BCUT2D eigenvalue weighted by Crippen LogP contribution is 2.31. The molecule has 0 atom stereocenters. The van der Waals surface area contributed by atoms with Crippen LogP contribution in [0.25, 0.3) is 67.0 Å². The average Bonchev–Trinajstić information content (AvgIpc) is 2.97. The SMILES string of the molecule is c1cc2nc(c1)-c1ccc(cc1)-c1ccc(cc1)-c1ccc(cc1)-c1ccc(cc1)-c1ccc-2cc1. The number of hydrogen-bond acceptors (Lipinski definition) is 1. The summed E-state index contributed by atoms with van der Waals surface area (Å²) in [5, 5.41) is 0. The summed E-state index contributed by atoms with van der Waals surface area (Å²) in [6.07, 6.45) is 0. The lowest BCUT2D eigenvalue weighted by atomic mass is 9.96. The Morgan fingerprint density at radius 1 is 0.222 bits per heavy atom. The first-order valence-electron chi connectivity index (χ1n) is 12.3. The predicted octanol–water partition coefficient (Wildman–Crippen LogP) is 9.40. The van der Waals surface area contributed by atoms with Gasteiger partial charge in [-0.15, -0.1) is 0 Å². The number of pyridine rings is 1. The Hall–Kier alpha value is -4.75. The van der Waals surface area contributed by atoms with Gasteiger partial charge in [-0.25, -0.2) is 4.98 Å². The maximum Gasteiger partial charge on any atom is 0.0709 e. The molecule has 1 heteroatoms. The molecule has 1 nitrogen and oxygen atoms in total. The standard InChI is InChI=1S/C35H23N/c1-2-34-32-20-16-30(17-21-32)28-12-8-26(9-13-28)24-4-6-25(7-5-24)27-10-14-29(15-11-27)31-18-22-33(23-19-31)35(3-1)36-34/h1-23H. The number of aromatic nitrogens is 1. The van der Waals surface area contributed by atoms with E-state index in [0.29, 0.717) is 0 Å². The van der Waals surface area contributed by atoms with Crippen molar-refractivity contribution in [2.75, 3.05) is 0 Å². The van der Waals surface area contributed by atoms with Crippen LogP contribution in [0.15, 0.2) is 140 Å². The predicted molar refractivity (Wildman–Crippen MR) is 150 cm³/mol. The fourth-order valence-electron chi connectivity index (χ4n) is 4.99. The summed E-state index contributed by atoms with van der Waals surface area (Å²) in [5.41, 5.74) is 13.9. The zero-order chi connectivity index (χ0) is 23.9. The van der Waals surface area contributed by atoms with E-state index in [4.69, 9.17) is 4.98 Å². The molecule has 8 aliphatic rings. The van der Waals surface area contributed by atoms with Gasteiger partial charge in [0.05, 0.1) is 11.4 Å². The van der Waals surface area contributed by atoms with E-state index in [1.807, 2.05) is 0 Å². The van der Waals surface area contributed by atoms with E-state index in [1.165, 1.54) is 44.5 Å². The molecule has 0 saturated heterocycles. The summed E-state index contributed by atoms with van der Waals surface area (Å²) >= 11 is 0. The summed E-state index contributed by atoms with van der Waals surface area (Å²) in [6.45, 7) is 0. The van der Waals surface area contributed by atoms with Gasteiger partial charge in [0.1, 0.15) is 0 Å². The fourth-order valence-corrected chi connectivity index (χ4v) is 4.99. The molecule has 5 aromatic carbocycles. The van der Waals surface area contributed by atoms with Gasteiger partial charge in [0.15, 0.2) is 0 Å². The molecule has 0 saturated carbocycles. The zero-order valence-electron chi connectivity index (χ0n) is 19.7. The van der Waals surface area contributed by atoms with Crippen molar-refractivity contribution in [3.63, 3.8) is 0 Å². The van der Waals surface area contributed by atoms with Crippen molar-refractivity contribution < 1.29 is 0 Å². The number of fused-ring (bicyclic) bond motifs is 1. The van der Waals surface area contributed by atoms with Crippen LogP contribution >= 0.6 is 0 Å². The Kier molecular flexibility index (Phi) is 4.85. The molecular weight excluding hydrogens is 434 g/mol. The normalized spacial score (nSPS) is 11.3. The molecule has 0 radical (unpaired) electrons. The van der Waals surface area contributed by atoms with Gasteiger partial charge < -0.3 is 0 Å². The van der Waals surface area contributed by atoms with E-state index in [0.717, 1.165) is 22.5 Å². The van der Waals surface area contributed by atoms with Crippen LogP contribution in [0.3, 0.4) is 0 Å². The van der Waals surface area contributed by atoms with Crippen molar-refractivity contribution in [1.82, 2.24) is 4.98 Å². The number of nitrogens with zero attached hydrogens (tertiary/aromatic N) is 1. The highest BCUT2D eigenvalue weighted by molar-refractivity contribution is 5.77. The maximum absolute atomic E-state index is 4.97. The van der Waals surface area contributed by atoms with Gasteiger partial charge in [-0.3, -0.25) is 0 Å². The molecule has 12 bridgehead atoms. The van der Waals surface area contributed by atoms with E-state index < -0.39 is 0 Å². The molecule has 0 amide bonds. The average molecular weight is 458 g/mol. The minimum absolute atomic E-state index is 0.982. The van der Waals surface area contributed by atoms with Crippen LogP contribution in [0.1, 0.15) is 0 Å². The van der Waals surface area contributed by atoms with E-state index in [2.05, 4.69) is 140 Å². The van der Waals surface area contributed by atoms with Crippen molar-refractivity contribution in [1.29, 1.82) is 0 Å². The van der Waals surface area contributed by atoms with Crippen molar-refractivity contribution in [3.8, 4) is 67.0 Å². The molecule has 0 spiro atoms. The lowest BCUT2D eigenvalue weighted by molar-refractivity contribution is 1.32. The van der Waals surface area contributed by atoms with Gasteiger partial charge >= 0.3 is 0 Å². The van der Waals surface area contributed by atoms with Gasteiger partial charge in [-0.2, -0.15) is 0 Å².